The number of carbonyl (C=O) groups is 2. The Kier molecular flexibility index (Phi) is 6.33. The van der Waals surface area contributed by atoms with E-state index < -0.39 is 16.5 Å². The summed E-state index contributed by atoms with van der Waals surface area (Å²) < 4.78 is 0. The predicted molar refractivity (Wildman–Crippen MR) is 93.4 cm³/mol. The summed E-state index contributed by atoms with van der Waals surface area (Å²) in [5, 5.41) is 13.4. The molecule has 0 bridgehead atoms. The molecule has 1 atom stereocenters. The lowest BCUT2D eigenvalue weighted by molar-refractivity contribution is -0.385. The molecule has 1 saturated heterocycles. The quantitative estimate of drug-likeness (QED) is 0.604. The molecule has 1 heterocycles. The Balaban J connectivity index is 1.95. The second-order valence-electron chi connectivity index (χ2n) is 6.15. The van der Waals surface area contributed by atoms with Crippen LogP contribution in [0.1, 0.15) is 30.1 Å². The molecule has 0 spiro atoms. The zero-order valence-corrected chi connectivity index (χ0v) is 14.7. The number of nitrogens with two attached hydrogens (primary N) is 1. The summed E-state index contributed by atoms with van der Waals surface area (Å²) in [7, 11) is 0. The highest BCUT2D eigenvalue weighted by Crippen LogP contribution is 2.26. The topological polar surface area (TPSA) is 119 Å². The average molecular weight is 369 g/mol. The first-order valence-corrected chi connectivity index (χ1v) is 8.43. The van der Waals surface area contributed by atoms with E-state index in [1.807, 2.05) is 6.92 Å². The third-order valence-corrected chi connectivity index (χ3v) is 4.77. The van der Waals surface area contributed by atoms with Gasteiger partial charge in [-0.25, -0.2) is 0 Å². The lowest BCUT2D eigenvalue weighted by Gasteiger charge is -2.33. The van der Waals surface area contributed by atoms with E-state index in [0.29, 0.717) is 19.0 Å². The minimum atomic E-state index is -0.740. The van der Waals surface area contributed by atoms with Crippen molar-refractivity contribution in [3.05, 3.63) is 38.9 Å². The SMILES string of the molecule is CC(N)C1CCN(C(=O)CNC(=O)c2c(Cl)cccc2[N+](=O)[O-])CC1. The molecule has 3 N–H and O–H groups in total. The number of benzene rings is 1. The van der Waals surface area contributed by atoms with E-state index in [4.69, 9.17) is 17.3 Å². The van der Waals surface area contributed by atoms with Gasteiger partial charge in [-0.2, -0.15) is 0 Å². The maximum atomic E-state index is 12.2. The Bertz CT molecular complexity index is 672. The van der Waals surface area contributed by atoms with E-state index in [1.54, 1.807) is 4.90 Å². The van der Waals surface area contributed by atoms with Crippen molar-refractivity contribution in [2.75, 3.05) is 19.6 Å². The summed E-state index contributed by atoms with van der Waals surface area (Å²) in [5.74, 6) is -0.577. The van der Waals surface area contributed by atoms with Gasteiger partial charge >= 0.3 is 0 Å². The monoisotopic (exact) mass is 368 g/mol. The number of piperidine rings is 1. The van der Waals surface area contributed by atoms with E-state index in [-0.39, 0.29) is 29.1 Å². The maximum absolute atomic E-state index is 12.2. The van der Waals surface area contributed by atoms with E-state index in [1.165, 1.54) is 18.2 Å². The molecule has 0 radical (unpaired) electrons. The molecule has 0 aliphatic carbocycles. The molecule has 0 aromatic heterocycles. The number of nitrogens with one attached hydrogen (secondary N) is 1. The fourth-order valence-corrected chi connectivity index (χ4v) is 3.18. The number of hydrogen-bond acceptors (Lipinski definition) is 5. The highest BCUT2D eigenvalue weighted by atomic mass is 35.5. The number of hydrogen-bond donors (Lipinski definition) is 2. The fraction of sp³-hybridized carbons (Fsp3) is 0.500. The summed E-state index contributed by atoms with van der Waals surface area (Å²) >= 11 is 5.91. The summed E-state index contributed by atoms with van der Waals surface area (Å²) in [4.78, 5) is 36.5. The summed E-state index contributed by atoms with van der Waals surface area (Å²) in [6.45, 7) is 2.91. The highest BCUT2D eigenvalue weighted by Gasteiger charge is 2.27. The third-order valence-electron chi connectivity index (χ3n) is 4.45. The van der Waals surface area contributed by atoms with Crippen molar-refractivity contribution in [3.8, 4) is 0 Å². The summed E-state index contributed by atoms with van der Waals surface area (Å²) in [6.07, 6.45) is 1.65. The van der Waals surface area contributed by atoms with Gasteiger partial charge in [0.15, 0.2) is 0 Å². The molecule has 1 fully saturated rings. The van der Waals surface area contributed by atoms with Gasteiger partial charge in [-0.15, -0.1) is 0 Å². The van der Waals surface area contributed by atoms with Crippen molar-refractivity contribution >= 4 is 29.1 Å². The number of nitro benzene ring substituents is 1. The van der Waals surface area contributed by atoms with Gasteiger partial charge in [0.1, 0.15) is 5.56 Å². The van der Waals surface area contributed by atoms with Gasteiger partial charge in [0, 0.05) is 25.2 Å². The highest BCUT2D eigenvalue weighted by molar-refractivity contribution is 6.34. The second kappa shape index (κ2) is 8.26. The van der Waals surface area contributed by atoms with Gasteiger partial charge in [-0.05, 0) is 31.7 Å². The molecule has 9 heteroatoms. The van der Waals surface area contributed by atoms with Gasteiger partial charge in [0.05, 0.1) is 16.5 Å². The summed E-state index contributed by atoms with van der Waals surface area (Å²) in [6, 6.07) is 4.08. The van der Waals surface area contributed by atoms with Gasteiger partial charge < -0.3 is 16.0 Å². The molecule has 8 nitrogen and oxygen atoms in total. The number of rotatable bonds is 5. The number of likely N-dealkylation sites (tertiary alicyclic amines) is 1. The first-order chi connectivity index (χ1) is 11.8. The zero-order chi connectivity index (χ0) is 18.6. The van der Waals surface area contributed by atoms with Crippen LogP contribution >= 0.6 is 11.6 Å². The van der Waals surface area contributed by atoms with Crippen molar-refractivity contribution in [2.24, 2.45) is 11.7 Å². The number of amides is 2. The van der Waals surface area contributed by atoms with Crippen LogP contribution in [0.5, 0.6) is 0 Å². The van der Waals surface area contributed by atoms with Crippen molar-refractivity contribution in [3.63, 3.8) is 0 Å². The van der Waals surface area contributed by atoms with Crippen LogP contribution in [0, 0.1) is 16.0 Å². The van der Waals surface area contributed by atoms with Gasteiger partial charge in [-0.1, -0.05) is 17.7 Å². The van der Waals surface area contributed by atoms with Crippen LogP contribution in [0.25, 0.3) is 0 Å². The first kappa shape index (κ1) is 19.1. The fourth-order valence-electron chi connectivity index (χ4n) is 2.92. The molecule has 136 valence electrons. The smallest absolute Gasteiger partial charge is 0.283 e. The van der Waals surface area contributed by atoms with Crippen LogP contribution < -0.4 is 11.1 Å². The standard InChI is InChI=1S/C16H21ClN4O4/c1-10(18)11-5-7-20(8-6-11)14(22)9-19-16(23)15-12(17)3-2-4-13(15)21(24)25/h2-4,10-11H,5-9,18H2,1H3,(H,19,23). The second-order valence-corrected chi connectivity index (χ2v) is 6.56. The average Bonchev–Trinajstić information content (AvgIpc) is 2.59. The Labute approximate surface area is 150 Å². The number of nitrogens with zero attached hydrogens (tertiary/aromatic N) is 2. The number of carbonyl (C=O) groups excluding carboxylic acids is 2. The lowest BCUT2D eigenvalue weighted by atomic mass is 9.91. The molecule has 1 aliphatic heterocycles. The van der Waals surface area contributed by atoms with Gasteiger partial charge in [-0.3, -0.25) is 19.7 Å². The molecule has 0 saturated carbocycles. The predicted octanol–water partition coefficient (Wildman–Crippen LogP) is 1.56. The lowest BCUT2D eigenvalue weighted by Crippen LogP contribution is -2.46. The zero-order valence-electron chi connectivity index (χ0n) is 13.9. The van der Waals surface area contributed by atoms with Crippen LogP contribution in [-0.2, 0) is 4.79 Å². The van der Waals surface area contributed by atoms with Crippen LogP contribution in [0.15, 0.2) is 18.2 Å². The molecule has 1 aromatic rings. The Morgan fingerprint density at radius 2 is 2.08 bits per heavy atom. The maximum Gasteiger partial charge on any atom is 0.283 e. The molecular formula is C16H21ClN4O4. The van der Waals surface area contributed by atoms with E-state index in [2.05, 4.69) is 5.32 Å². The molecule has 25 heavy (non-hydrogen) atoms. The minimum Gasteiger partial charge on any atom is -0.343 e. The minimum absolute atomic E-state index is 0.0307. The molecular weight excluding hydrogens is 348 g/mol. The molecule has 1 aliphatic rings. The normalized spacial score (nSPS) is 16.4. The van der Waals surface area contributed by atoms with E-state index >= 15 is 0 Å². The van der Waals surface area contributed by atoms with Crippen molar-refractivity contribution in [1.29, 1.82) is 0 Å². The van der Waals surface area contributed by atoms with Crippen molar-refractivity contribution in [2.45, 2.75) is 25.8 Å². The van der Waals surface area contributed by atoms with Crippen LogP contribution in [0.3, 0.4) is 0 Å². The third kappa shape index (κ3) is 4.67. The molecule has 2 rings (SSSR count). The Morgan fingerprint density at radius 3 is 2.64 bits per heavy atom. The summed E-state index contributed by atoms with van der Waals surface area (Å²) in [5.41, 5.74) is 5.24. The first-order valence-electron chi connectivity index (χ1n) is 8.05. The van der Waals surface area contributed by atoms with Crippen molar-refractivity contribution in [1.82, 2.24) is 10.2 Å². The van der Waals surface area contributed by atoms with Crippen LogP contribution in [0.2, 0.25) is 5.02 Å². The number of nitro groups is 1. The largest absolute Gasteiger partial charge is 0.343 e. The van der Waals surface area contributed by atoms with Gasteiger partial charge in [0.25, 0.3) is 11.6 Å². The Hall–Kier alpha value is -2.19. The number of halogens is 1. The van der Waals surface area contributed by atoms with E-state index in [0.717, 1.165) is 12.8 Å². The van der Waals surface area contributed by atoms with Crippen LogP contribution in [-0.4, -0.2) is 47.3 Å². The van der Waals surface area contributed by atoms with Crippen molar-refractivity contribution < 1.29 is 14.5 Å². The molecule has 1 unspecified atom stereocenters. The molecule has 2 amide bonds. The van der Waals surface area contributed by atoms with E-state index in [9.17, 15) is 19.7 Å². The Morgan fingerprint density at radius 1 is 1.44 bits per heavy atom. The van der Waals surface area contributed by atoms with Crippen LogP contribution in [0.4, 0.5) is 5.69 Å². The molecule has 1 aromatic carbocycles. The van der Waals surface area contributed by atoms with Gasteiger partial charge in [0.2, 0.25) is 5.91 Å².